The van der Waals surface area contributed by atoms with E-state index in [4.69, 9.17) is 4.74 Å². The molecule has 0 heterocycles. The molecule has 1 amide bonds. The molecule has 0 saturated heterocycles. The average molecular weight is 389 g/mol. The summed E-state index contributed by atoms with van der Waals surface area (Å²) < 4.78 is 9.63. The van der Waals surface area contributed by atoms with Gasteiger partial charge >= 0.3 is 12.1 Å². The fraction of sp³-hybridized carbons (Fsp3) is 0.300. The number of rotatable bonds is 8. The molecule has 28 heavy (non-hydrogen) atoms. The molecule has 2 atom stereocenters. The number of nitrogens with one attached hydrogen (secondary N) is 1. The number of benzene rings is 2. The Bertz CT molecular complexity index is 794. The van der Waals surface area contributed by atoms with Gasteiger partial charge in [0.25, 0.3) is 0 Å². The van der Waals surface area contributed by atoms with Crippen molar-refractivity contribution in [2.24, 2.45) is 0 Å². The van der Waals surface area contributed by atoms with Crippen molar-refractivity contribution in [3.63, 3.8) is 0 Å². The van der Waals surface area contributed by atoms with Crippen LogP contribution in [0.4, 0.5) is 4.79 Å². The minimum absolute atomic E-state index is 0.00347. The third-order valence-electron chi connectivity index (χ3n) is 4.05. The maximum atomic E-state index is 11.7. The van der Waals surface area contributed by atoms with E-state index in [1.165, 1.54) is 25.3 Å². The molecule has 150 valence electrons. The van der Waals surface area contributed by atoms with E-state index in [0.717, 1.165) is 5.56 Å². The number of hydrogen-bond acceptors (Lipinski definition) is 7. The number of alkyl carbamates (subject to hydrolysis) is 1. The van der Waals surface area contributed by atoms with Crippen LogP contribution in [-0.2, 0) is 16.1 Å². The largest absolute Gasteiger partial charge is 0.508 e. The molecule has 0 aliphatic heterocycles. The summed E-state index contributed by atoms with van der Waals surface area (Å²) in [6.45, 7) is 0.162. The Balaban J connectivity index is 1.83. The van der Waals surface area contributed by atoms with Gasteiger partial charge in [0.05, 0.1) is 18.8 Å². The van der Waals surface area contributed by atoms with Crippen LogP contribution in [-0.4, -0.2) is 47.1 Å². The number of aliphatic hydroxyl groups is 2. The van der Waals surface area contributed by atoms with Gasteiger partial charge in [0.15, 0.2) is 0 Å². The topological polar surface area (TPSA) is 125 Å². The lowest BCUT2D eigenvalue weighted by Crippen LogP contribution is -2.29. The highest BCUT2D eigenvalue weighted by Gasteiger charge is 2.23. The van der Waals surface area contributed by atoms with Gasteiger partial charge in [-0.05, 0) is 30.2 Å². The molecule has 8 nitrogen and oxygen atoms in total. The summed E-state index contributed by atoms with van der Waals surface area (Å²) in [6.07, 6.45) is -3.38. The Labute approximate surface area is 162 Å². The highest BCUT2D eigenvalue weighted by molar-refractivity contribution is 5.89. The molecule has 2 aromatic rings. The van der Waals surface area contributed by atoms with Gasteiger partial charge in [-0.3, -0.25) is 0 Å². The molecular formula is C20H23NO7. The SMILES string of the molecule is COC(=O)c1ccc(O)c(C(O)C(O)CCNC(=O)OCc2ccccc2)c1. The van der Waals surface area contributed by atoms with Gasteiger partial charge in [-0.15, -0.1) is 0 Å². The monoisotopic (exact) mass is 389 g/mol. The summed E-state index contributed by atoms with van der Waals surface area (Å²) in [5.41, 5.74) is 0.959. The Morgan fingerprint density at radius 3 is 2.50 bits per heavy atom. The minimum Gasteiger partial charge on any atom is -0.508 e. The van der Waals surface area contributed by atoms with Crippen LogP contribution >= 0.6 is 0 Å². The molecule has 0 saturated carbocycles. The first kappa shape index (κ1) is 21.2. The summed E-state index contributed by atoms with van der Waals surface area (Å²) in [7, 11) is 1.21. The Hall–Kier alpha value is -3.10. The number of hydrogen-bond donors (Lipinski definition) is 4. The lowest BCUT2D eigenvalue weighted by molar-refractivity contribution is 0.0122. The van der Waals surface area contributed by atoms with Crippen LogP contribution in [0.25, 0.3) is 0 Å². The first-order valence-corrected chi connectivity index (χ1v) is 8.64. The van der Waals surface area contributed by atoms with E-state index in [-0.39, 0.29) is 36.4 Å². The number of aromatic hydroxyl groups is 1. The summed E-state index contributed by atoms with van der Waals surface area (Å²) in [5.74, 6) is -0.903. The van der Waals surface area contributed by atoms with E-state index in [9.17, 15) is 24.9 Å². The third kappa shape index (κ3) is 5.97. The molecule has 0 fully saturated rings. The van der Waals surface area contributed by atoms with Gasteiger partial charge in [-0.2, -0.15) is 0 Å². The second-order valence-electron chi connectivity index (χ2n) is 6.05. The number of esters is 1. The zero-order chi connectivity index (χ0) is 20.5. The number of carbonyl (C=O) groups excluding carboxylic acids is 2. The van der Waals surface area contributed by atoms with Crippen LogP contribution in [0.2, 0.25) is 0 Å². The smallest absolute Gasteiger partial charge is 0.407 e. The predicted octanol–water partition coefficient (Wildman–Crippen LogP) is 1.89. The van der Waals surface area contributed by atoms with Crippen LogP contribution in [0.5, 0.6) is 5.75 Å². The second-order valence-corrected chi connectivity index (χ2v) is 6.05. The zero-order valence-electron chi connectivity index (χ0n) is 15.4. The van der Waals surface area contributed by atoms with Crippen molar-refractivity contribution in [2.75, 3.05) is 13.7 Å². The number of methoxy groups -OCH3 is 1. The first-order valence-electron chi connectivity index (χ1n) is 8.64. The van der Waals surface area contributed by atoms with Crippen molar-refractivity contribution < 1.29 is 34.4 Å². The van der Waals surface area contributed by atoms with Crippen LogP contribution in [0.3, 0.4) is 0 Å². The number of aliphatic hydroxyl groups excluding tert-OH is 2. The second kappa shape index (κ2) is 10.3. The third-order valence-corrected chi connectivity index (χ3v) is 4.05. The van der Waals surface area contributed by atoms with Gasteiger partial charge in [0.1, 0.15) is 18.5 Å². The molecule has 0 bridgehead atoms. The number of ether oxygens (including phenoxy) is 2. The Kier molecular flexibility index (Phi) is 7.79. The Morgan fingerprint density at radius 2 is 1.82 bits per heavy atom. The zero-order valence-corrected chi connectivity index (χ0v) is 15.4. The summed E-state index contributed by atoms with van der Waals surface area (Å²) in [4.78, 5) is 23.2. The van der Waals surface area contributed by atoms with Gasteiger partial charge in [-0.1, -0.05) is 30.3 Å². The molecule has 2 unspecified atom stereocenters. The molecule has 4 N–H and O–H groups in total. The van der Waals surface area contributed by atoms with Crippen molar-refractivity contribution in [3.05, 3.63) is 65.2 Å². The lowest BCUT2D eigenvalue weighted by Gasteiger charge is -2.19. The first-order chi connectivity index (χ1) is 13.4. The fourth-order valence-corrected chi connectivity index (χ4v) is 2.50. The highest BCUT2D eigenvalue weighted by atomic mass is 16.5. The van der Waals surface area contributed by atoms with E-state index >= 15 is 0 Å². The van der Waals surface area contributed by atoms with Crippen molar-refractivity contribution in [1.82, 2.24) is 5.32 Å². The van der Waals surface area contributed by atoms with E-state index in [0.29, 0.717) is 0 Å². The highest BCUT2D eigenvalue weighted by Crippen LogP contribution is 2.28. The minimum atomic E-state index is -1.45. The number of phenols is 1. The molecule has 0 radical (unpaired) electrons. The van der Waals surface area contributed by atoms with E-state index < -0.39 is 24.3 Å². The summed E-state index contributed by atoms with van der Waals surface area (Å²) in [6, 6.07) is 13.0. The van der Waals surface area contributed by atoms with Crippen LogP contribution in [0.15, 0.2) is 48.5 Å². The lowest BCUT2D eigenvalue weighted by atomic mass is 9.99. The molecule has 0 spiro atoms. The van der Waals surface area contributed by atoms with Crippen molar-refractivity contribution in [3.8, 4) is 5.75 Å². The van der Waals surface area contributed by atoms with Crippen molar-refractivity contribution >= 4 is 12.1 Å². The number of carbonyl (C=O) groups is 2. The van der Waals surface area contributed by atoms with E-state index in [2.05, 4.69) is 10.1 Å². The Morgan fingerprint density at radius 1 is 1.11 bits per heavy atom. The summed E-state index contributed by atoms with van der Waals surface area (Å²) in [5, 5.41) is 32.8. The molecular weight excluding hydrogens is 366 g/mol. The van der Waals surface area contributed by atoms with Gasteiger partial charge in [-0.25, -0.2) is 9.59 Å². The maximum absolute atomic E-state index is 11.7. The van der Waals surface area contributed by atoms with Gasteiger partial charge < -0.3 is 30.1 Å². The molecule has 8 heteroatoms. The van der Waals surface area contributed by atoms with Crippen LogP contribution in [0, 0.1) is 0 Å². The quantitative estimate of drug-likeness (QED) is 0.508. The predicted molar refractivity (Wildman–Crippen MR) is 99.7 cm³/mol. The van der Waals surface area contributed by atoms with Crippen molar-refractivity contribution in [2.45, 2.75) is 25.2 Å². The molecule has 0 aliphatic carbocycles. The molecule has 0 aliphatic rings. The number of phenolic OH excluding ortho intramolecular Hbond substituents is 1. The molecule has 2 rings (SSSR count). The number of amides is 1. The molecule has 2 aromatic carbocycles. The van der Waals surface area contributed by atoms with E-state index in [1.54, 1.807) is 0 Å². The standard InChI is InChI=1S/C20H23NO7/c1-27-19(25)14-7-8-16(22)15(11-14)18(24)17(23)9-10-21-20(26)28-12-13-5-3-2-4-6-13/h2-8,11,17-18,22-24H,9-10,12H2,1H3,(H,21,26). The maximum Gasteiger partial charge on any atom is 0.407 e. The van der Waals surface area contributed by atoms with E-state index in [1.807, 2.05) is 30.3 Å². The molecule has 0 aromatic heterocycles. The van der Waals surface area contributed by atoms with Crippen LogP contribution < -0.4 is 5.32 Å². The van der Waals surface area contributed by atoms with Crippen molar-refractivity contribution in [1.29, 1.82) is 0 Å². The van der Waals surface area contributed by atoms with Gasteiger partial charge in [0.2, 0.25) is 0 Å². The van der Waals surface area contributed by atoms with Gasteiger partial charge in [0, 0.05) is 12.1 Å². The average Bonchev–Trinajstić information content (AvgIpc) is 2.72. The van der Waals surface area contributed by atoms with Crippen LogP contribution in [0.1, 0.15) is 34.0 Å². The normalized spacial score (nSPS) is 12.7. The fourth-order valence-electron chi connectivity index (χ4n) is 2.50. The summed E-state index contributed by atoms with van der Waals surface area (Å²) >= 11 is 0.